The van der Waals surface area contributed by atoms with Gasteiger partial charge in [0.15, 0.2) is 0 Å². The van der Waals surface area contributed by atoms with Gasteiger partial charge in [0.2, 0.25) is 0 Å². The van der Waals surface area contributed by atoms with Gasteiger partial charge in [0.05, 0.1) is 0 Å². The second kappa shape index (κ2) is 13.1. The fourth-order valence-electron chi connectivity index (χ4n) is 5.56. The molecule has 0 N–H and O–H groups in total. The van der Waals surface area contributed by atoms with Gasteiger partial charge in [-0.3, -0.25) is 6.08 Å². The molecule has 0 nitrogen and oxygen atoms in total. The Kier molecular flexibility index (Phi) is 12.8. The van der Waals surface area contributed by atoms with Crippen molar-refractivity contribution >= 4 is 23.6 Å². The molecule has 0 spiro atoms. The van der Waals surface area contributed by atoms with E-state index < -0.39 is 8.07 Å². The van der Waals surface area contributed by atoms with Gasteiger partial charge >= 0.3 is 21.7 Å². The van der Waals surface area contributed by atoms with Crippen LogP contribution in [0.4, 0.5) is 0 Å². The minimum atomic E-state index is -2.56. The third kappa shape index (κ3) is 5.68. The summed E-state index contributed by atoms with van der Waals surface area (Å²) >= 11 is 0. The monoisotopic (exact) mass is 588 g/mol. The molecule has 0 amide bonds. The maximum Gasteiger partial charge on any atom is 4.00 e. The molecular weight excluding hydrogens is 555 g/mol. The number of hydrogen-bond acceptors (Lipinski definition) is 0. The summed E-state index contributed by atoms with van der Waals surface area (Å²) in [6.45, 7) is 16.2. The van der Waals surface area contributed by atoms with Gasteiger partial charge in [0.1, 0.15) is 8.07 Å². The van der Waals surface area contributed by atoms with Crippen molar-refractivity contribution in [2.24, 2.45) is 0 Å². The molecule has 4 rings (SSSR count). The van der Waals surface area contributed by atoms with Gasteiger partial charge in [0, 0.05) is 0 Å². The first-order valence-electron chi connectivity index (χ1n) is 11.6. The SMILES string of the molecule is CC1=[C-]C(C)([Si](c2ccccc2)(c2ccccc2)c2cccc(C(C)(C)C)c2)C(C)=C1C.[Cl-].[Cl-].[Cl-].[Ti+4]. The molecule has 0 aromatic heterocycles. The third-order valence-electron chi connectivity index (χ3n) is 7.64. The average molecular weight is 590 g/mol. The van der Waals surface area contributed by atoms with E-state index in [9.17, 15) is 0 Å². The Morgan fingerprint density at radius 3 is 1.50 bits per heavy atom. The van der Waals surface area contributed by atoms with Crippen molar-refractivity contribution in [2.45, 2.75) is 58.9 Å². The van der Waals surface area contributed by atoms with E-state index in [2.05, 4.69) is 139 Å². The predicted octanol–water partition coefficient (Wildman–Crippen LogP) is -2.68. The molecule has 0 saturated carbocycles. The Morgan fingerprint density at radius 2 is 1.11 bits per heavy atom. The Morgan fingerprint density at radius 1 is 0.667 bits per heavy atom. The molecule has 5 heteroatoms. The van der Waals surface area contributed by atoms with E-state index in [0.717, 1.165) is 0 Å². The molecule has 188 valence electrons. The zero-order valence-corrected chi connectivity index (χ0v) is 27.0. The summed E-state index contributed by atoms with van der Waals surface area (Å²) in [5.41, 5.74) is 5.62. The molecule has 0 aliphatic heterocycles. The van der Waals surface area contributed by atoms with Crippen LogP contribution in [-0.2, 0) is 27.1 Å². The minimum Gasteiger partial charge on any atom is -1.00 e. The minimum absolute atomic E-state index is 0. The number of halogens is 3. The Hall–Kier alpha value is -1.06. The standard InChI is InChI=1S/C31H35Si.3ClH.Ti/c1-23-22-31(7,25(3)24(23)2)32(27-16-10-8-11-17-27,28-18-12-9-13-19-28)29-20-14-15-26(21-29)30(4,5)6;;;;/h8-21H,1-7H3;3*1H;/q-1;;;;+4/p-3. The smallest absolute Gasteiger partial charge is 1.00 e. The predicted molar refractivity (Wildman–Crippen MR) is 142 cm³/mol. The summed E-state index contributed by atoms with van der Waals surface area (Å²) < 4.78 is 0. The van der Waals surface area contributed by atoms with Crippen molar-refractivity contribution in [3.05, 3.63) is 113 Å². The van der Waals surface area contributed by atoms with Crippen LogP contribution in [0.2, 0.25) is 5.04 Å². The van der Waals surface area contributed by atoms with Crippen molar-refractivity contribution in [1.29, 1.82) is 0 Å². The van der Waals surface area contributed by atoms with Crippen LogP contribution >= 0.6 is 0 Å². The van der Waals surface area contributed by atoms with E-state index in [1.807, 2.05) is 0 Å². The Labute approximate surface area is 253 Å². The topological polar surface area (TPSA) is 0 Å². The molecule has 1 atom stereocenters. The number of hydrogen-bond donors (Lipinski definition) is 0. The molecule has 0 saturated heterocycles. The zero-order chi connectivity index (χ0) is 23.1. The molecule has 0 heterocycles. The van der Waals surface area contributed by atoms with E-state index in [1.54, 1.807) is 0 Å². The van der Waals surface area contributed by atoms with Crippen molar-refractivity contribution < 1.29 is 58.9 Å². The van der Waals surface area contributed by atoms with Crippen LogP contribution in [0, 0.1) is 6.08 Å². The maximum atomic E-state index is 4.03. The number of rotatable bonds is 4. The summed E-state index contributed by atoms with van der Waals surface area (Å²) in [5.74, 6) is 0. The molecule has 0 bridgehead atoms. The van der Waals surface area contributed by atoms with E-state index in [-0.39, 0.29) is 69.4 Å². The Balaban J connectivity index is 0.00000306. The van der Waals surface area contributed by atoms with Gasteiger partial charge in [-0.25, -0.2) is 5.57 Å². The largest absolute Gasteiger partial charge is 4.00 e. The second-order valence-electron chi connectivity index (χ2n) is 10.4. The fourth-order valence-corrected chi connectivity index (χ4v) is 11.5. The van der Waals surface area contributed by atoms with Crippen LogP contribution in [0.3, 0.4) is 0 Å². The van der Waals surface area contributed by atoms with Crippen molar-refractivity contribution in [2.75, 3.05) is 0 Å². The molecule has 0 radical (unpaired) electrons. The summed E-state index contributed by atoms with van der Waals surface area (Å²) in [6, 6.07) is 31.9. The second-order valence-corrected chi connectivity index (χ2v) is 14.7. The van der Waals surface area contributed by atoms with Crippen molar-refractivity contribution in [1.82, 2.24) is 0 Å². The van der Waals surface area contributed by atoms with Crippen LogP contribution in [0.25, 0.3) is 0 Å². The van der Waals surface area contributed by atoms with Gasteiger partial charge < -0.3 is 37.2 Å². The zero-order valence-electron chi connectivity index (χ0n) is 22.2. The maximum absolute atomic E-state index is 4.03. The van der Waals surface area contributed by atoms with Crippen LogP contribution in [0.1, 0.15) is 54.0 Å². The first-order valence-corrected chi connectivity index (χ1v) is 13.6. The van der Waals surface area contributed by atoms with Gasteiger partial charge in [-0.05, 0) is 26.5 Å². The quantitative estimate of drug-likeness (QED) is 0.177. The molecule has 1 aliphatic rings. The van der Waals surface area contributed by atoms with Gasteiger partial charge in [-0.15, -0.1) is 6.92 Å². The van der Waals surface area contributed by atoms with Crippen LogP contribution in [0.5, 0.6) is 0 Å². The molecular formula is C31H35Cl3SiTi. The molecule has 0 fully saturated rings. The average Bonchev–Trinajstić information content (AvgIpc) is 2.98. The number of allylic oxidation sites excluding steroid dienone is 4. The molecule has 3 aromatic rings. The number of benzene rings is 3. The normalized spacial score (nSPS) is 17.1. The van der Waals surface area contributed by atoms with Crippen LogP contribution in [0.15, 0.2) is 102 Å². The molecule has 36 heavy (non-hydrogen) atoms. The van der Waals surface area contributed by atoms with E-state index in [0.29, 0.717) is 0 Å². The van der Waals surface area contributed by atoms with E-state index in [4.69, 9.17) is 0 Å². The van der Waals surface area contributed by atoms with Crippen molar-refractivity contribution in [3.63, 3.8) is 0 Å². The van der Waals surface area contributed by atoms with Gasteiger partial charge in [0.25, 0.3) is 0 Å². The van der Waals surface area contributed by atoms with Gasteiger partial charge in [-0.1, -0.05) is 132 Å². The summed E-state index contributed by atoms with van der Waals surface area (Å²) in [5, 5.41) is 4.16. The van der Waals surface area contributed by atoms with Gasteiger partial charge in [-0.2, -0.15) is 11.1 Å². The first kappa shape index (κ1) is 34.9. The molecule has 3 aromatic carbocycles. The molecule has 1 unspecified atom stereocenters. The first-order chi connectivity index (χ1) is 15.1. The fraction of sp³-hybridized carbons (Fsp3) is 0.290. The molecule has 1 aliphatic carbocycles. The third-order valence-corrected chi connectivity index (χ3v) is 13.2. The summed E-state index contributed by atoms with van der Waals surface area (Å²) in [6.07, 6.45) is 4.03. The Bertz CT molecular complexity index is 1160. The van der Waals surface area contributed by atoms with Crippen LogP contribution < -0.4 is 52.8 Å². The van der Waals surface area contributed by atoms with E-state index in [1.165, 1.54) is 37.8 Å². The summed E-state index contributed by atoms with van der Waals surface area (Å²) in [4.78, 5) is 0. The van der Waals surface area contributed by atoms with E-state index >= 15 is 0 Å². The summed E-state index contributed by atoms with van der Waals surface area (Å²) in [7, 11) is -2.56. The van der Waals surface area contributed by atoms with Crippen LogP contribution in [-0.4, -0.2) is 8.07 Å². The van der Waals surface area contributed by atoms with Crippen molar-refractivity contribution in [3.8, 4) is 0 Å².